The molecule has 0 aliphatic rings. The van der Waals surface area contributed by atoms with Crippen LogP contribution in [-0.4, -0.2) is 4.57 Å². The first-order valence-electron chi connectivity index (χ1n) is 18.5. The first-order valence-corrected chi connectivity index (χ1v) is 18.5. The number of rotatable bonds is 7. The normalized spacial score (nSPS) is 11.3. The first kappa shape index (κ1) is 31.6. The molecule has 0 amide bonds. The molecule has 0 fully saturated rings. The summed E-state index contributed by atoms with van der Waals surface area (Å²) < 4.78 is 2.38. The lowest BCUT2D eigenvalue weighted by molar-refractivity contribution is 1.18. The van der Waals surface area contributed by atoms with Gasteiger partial charge in [0.1, 0.15) is 0 Å². The van der Waals surface area contributed by atoms with Crippen LogP contribution in [0.2, 0.25) is 0 Å². The van der Waals surface area contributed by atoms with Crippen LogP contribution in [0.1, 0.15) is 0 Å². The Morgan fingerprint density at radius 1 is 0.315 bits per heavy atom. The van der Waals surface area contributed by atoms with Gasteiger partial charge in [-0.3, -0.25) is 0 Å². The predicted octanol–water partition coefficient (Wildman–Crippen LogP) is 14.4. The highest BCUT2D eigenvalue weighted by Gasteiger charge is 2.20. The van der Waals surface area contributed by atoms with Crippen molar-refractivity contribution in [2.45, 2.75) is 0 Å². The average molecular weight is 689 g/mol. The van der Waals surface area contributed by atoms with Crippen LogP contribution in [0.25, 0.3) is 71.6 Å². The molecule has 1 heterocycles. The third kappa shape index (κ3) is 5.53. The summed E-state index contributed by atoms with van der Waals surface area (Å²) in [5.74, 6) is 0. The SMILES string of the molecule is c1ccc(-c2ccc(N(c3ccc4ccccc4c3)c3ccccc3-c3ccccc3-c3ccc4c(c3)c3ccccc3n4-c3ccccc3)cc2)cc1. The zero-order chi connectivity index (χ0) is 35.8. The number of aromatic nitrogens is 1. The molecule has 254 valence electrons. The number of hydrogen-bond acceptors (Lipinski definition) is 1. The minimum atomic E-state index is 1.10. The van der Waals surface area contributed by atoms with Gasteiger partial charge in [-0.15, -0.1) is 0 Å². The Kier molecular flexibility index (Phi) is 7.85. The van der Waals surface area contributed by atoms with Crippen LogP contribution in [0.3, 0.4) is 0 Å². The molecule has 10 aromatic rings. The zero-order valence-electron chi connectivity index (χ0n) is 29.7. The molecule has 0 radical (unpaired) electrons. The van der Waals surface area contributed by atoms with Crippen LogP contribution in [0.15, 0.2) is 218 Å². The maximum Gasteiger partial charge on any atom is 0.0541 e. The fourth-order valence-corrected chi connectivity index (χ4v) is 8.04. The minimum absolute atomic E-state index is 1.10. The minimum Gasteiger partial charge on any atom is -0.310 e. The van der Waals surface area contributed by atoms with E-state index in [4.69, 9.17) is 0 Å². The molecular weight excluding hydrogens is 653 g/mol. The molecule has 10 rings (SSSR count). The Morgan fingerprint density at radius 2 is 0.889 bits per heavy atom. The van der Waals surface area contributed by atoms with Crippen LogP contribution in [0.4, 0.5) is 17.1 Å². The van der Waals surface area contributed by atoms with Crippen molar-refractivity contribution in [1.82, 2.24) is 4.57 Å². The molecule has 0 aliphatic carbocycles. The monoisotopic (exact) mass is 688 g/mol. The number of anilines is 3. The van der Waals surface area contributed by atoms with Crippen molar-refractivity contribution in [3.8, 4) is 39.1 Å². The summed E-state index contributed by atoms with van der Waals surface area (Å²) in [7, 11) is 0. The van der Waals surface area contributed by atoms with Crippen molar-refractivity contribution in [3.63, 3.8) is 0 Å². The van der Waals surface area contributed by atoms with Gasteiger partial charge in [-0.1, -0.05) is 158 Å². The van der Waals surface area contributed by atoms with Crippen LogP contribution in [0, 0.1) is 0 Å². The van der Waals surface area contributed by atoms with Crippen molar-refractivity contribution in [2.24, 2.45) is 0 Å². The molecule has 0 saturated heterocycles. The van der Waals surface area contributed by atoms with E-state index in [-0.39, 0.29) is 0 Å². The van der Waals surface area contributed by atoms with Gasteiger partial charge < -0.3 is 9.47 Å². The third-order valence-corrected chi connectivity index (χ3v) is 10.6. The lowest BCUT2D eigenvalue weighted by Crippen LogP contribution is -2.11. The molecule has 0 bridgehead atoms. The molecule has 0 unspecified atom stereocenters. The summed E-state index contributed by atoms with van der Waals surface area (Å²) in [6, 6.07) is 78.9. The second kappa shape index (κ2) is 13.4. The topological polar surface area (TPSA) is 8.17 Å². The van der Waals surface area contributed by atoms with E-state index in [2.05, 4.69) is 228 Å². The van der Waals surface area contributed by atoms with Gasteiger partial charge in [0.15, 0.2) is 0 Å². The summed E-state index contributed by atoms with van der Waals surface area (Å²) in [5, 5.41) is 4.92. The van der Waals surface area contributed by atoms with Gasteiger partial charge >= 0.3 is 0 Å². The lowest BCUT2D eigenvalue weighted by Gasteiger charge is -2.29. The van der Waals surface area contributed by atoms with Gasteiger partial charge in [0, 0.05) is 33.4 Å². The van der Waals surface area contributed by atoms with Gasteiger partial charge in [0.2, 0.25) is 0 Å². The summed E-state index contributed by atoms with van der Waals surface area (Å²) >= 11 is 0. The molecule has 2 heteroatoms. The van der Waals surface area contributed by atoms with E-state index in [9.17, 15) is 0 Å². The largest absolute Gasteiger partial charge is 0.310 e. The van der Waals surface area contributed by atoms with Gasteiger partial charge in [0.05, 0.1) is 16.7 Å². The maximum atomic E-state index is 2.41. The van der Waals surface area contributed by atoms with Gasteiger partial charge in [-0.2, -0.15) is 0 Å². The van der Waals surface area contributed by atoms with E-state index >= 15 is 0 Å². The maximum absolute atomic E-state index is 2.41. The molecule has 9 aromatic carbocycles. The molecule has 2 nitrogen and oxygen atoms in total. The number of nitrogens with zero attached hydrogens (tertiary/aromatic N) is 2. The Hall–Kier alpha value is -7.16. The third-order valence-electron chi connectivity index (χ3n) is 10.6. The van der Waals surface area contributed by atoms with Gasteiger partial charge in [-0.25, -0.2) is 0 Å². The smallest absolute Gasteiger partial charge is 0.0541 e. The van der Waals surface area contributed by atoms with Crippen LogP contribution in [-0.2, 0) is 0 Å². The number of para-hydroxylation sites is 3. The van der Waals surface area contributed by atoms with E-state index in [1.54, 1.807) is 0 Å². The Labute approximate surface area is 315 Å². The fraction of sp³-hybridized carbons (Fsp3) is 0. The highest BCUT2D eigenvalue weighted by molar-refractivity contribution is 6.11. The molecule has 0 saturated carbocycles. The molecule has 0 aliphatic heterocycles. The van der Waals surface area contributed by atoms with Crippen LogP contribution in [0.5, 0.6) is 0 Å². The first-order chi connectivity index (χ1) is 26.8. The summed E-state index contributed by atoms with van der Waals surface area (Å²) in [5.41, 5.74) is 14.0. The summed E-state index contributed by atoms with van der Waals surface area (Å²) in [6.45, 7) is 0. The van der Waals surface area contributed by atoms with E-state index in [1.807, 2.05) is 0 Å². The van der Waals surface area contributed by atoms with Gasteiger partial charge in [-0.05, 0) is 99.3 Å². The molecule has 54 heavy (non-hydrogen) atoms. The number of benzene rings is 9. The van der Waals surface area contributed by atoms with Crippen LogP contribution < -0.4 is 4.90 Å². The highest BCUT2D eigenvalue weighted by Crippen LogP contribution is 2.45. The summed E-state index contributed by atoms with van der Waals surface area (Å²) in [6.07, 6.45) is 0. The Bertz CT molecular complexity index is 2920. The number of fused-ring (bicyclic) bond motifs is 4. The standard InChI is InChI=1S/C52H36N2/c1-3-15-37(16-4-1)39-27-31-43(32-28-39)53(44-33-29-38-17-7-8-18-40(38)35-44)50-25-13-11-23-47(50)46-22-10-9-21-45(46)41-30-34-52-49(36-41)48-24-12-14-26-51(48)54(52)42-19-5-2-6-20-42/h1-36H. The summed E-state index contributed by atoms with van der Waals surface area (Å²) in [4.78, 5) is 2.41. The van der Waals surface area contributed by atoms with Crippen molar-refractivity contribution in [2.75, 3.05) is 4.90 Å². The zero-order valence-corrected chi connectivity index (χ0v) is 29.7. The second-order valence-electron chi connectivity index (χ2n) is 13.8. The van der Waals surface area contributed by atoms with E-state index in [1.165, 1.54) is 66.0 Å². The van der Waals surface area contributed by atoms with Gasteiger partial charge in [0.25, 0.3) is 0 Å². The number of hydrogen-bond donors (Lipinski definition) is 0. The van der Waals surface area contributed by atoms with E-state index in [0.717, 1.165) is 22.7 Å². The molecule has 0 N–H and O–H groups in total. The Balaban J connectivity index is 1.15. The van der Waals surface area contributed by atoms with E-state index < -0.39 is 0 Å². The quantitative estimate of drug-likeness (QED) is 0.162. The lowest BCUT2D eigenvalue weighted by atomic mass is 9.92. The molecule has 0 atom stereocenters. The molecule has 0 spiro atoms. The average Bonchev–Trinajstić information content (AvgIpc) is 3.58. The van der Waals surface area contributed by atoms with Crippen LogP contribution >= 0.6 is 0 Å². The van der Waals surface area contributed by atoms with Crippen molar-refractivity contribution in [3.05, 3.63) is 218 Å². The molecular formula is C52H36N2. The highest BCUT2D eigenvalue weighted by atomic mass is 15.1. The second-order valence-corrected chi connectivity index (χ2v) is 13.8. The van der Waals surface area contributed by atoms with Crippen molar-refractivity contribution < 1.29 is 0 Å². The van der Waals surface area contributed by atoms with E-state index in [0.29, 0.717) is 0 Å². The molecule has 1 aromatic heterocycles. The van der Waals surface area contributed by atoms with Crippen molar-refractivity contribution >= 4 is 49.6 Å². The Morgan fingerprint density at radius 3 is 1.70 bits per heavy atom. The van der Waals surface area contributed by atoms with Crippen molar-refractivity contribution in [1.29, 1.82) is 0 Å². The fourth-order valence-electron chi connectivity index (χ4n) is 8.04. The predicted molar refractivity (Wildman–Crippen MR) is 229 cm³/mol.